The lowest BCUT2D eigenvalue weighted by Crippen LogP contribution is -2.47. The van der Waals surface area contributed by atoms with E-state index >= 15 is 0 Å². The molecule has 1 heterocycles. The lowest BCUT2D eigenvalue weighted by atomic mass is 9.97. The molecule has 13 heteroatoms. The number of nitrogens with one attached hydrogen (secondary N) is 2. The van der Waals surface area contributed by atoms with Crippen molar-refractivity contribution >= 4 is 35.7 Å². The number of rotatable bonds is 20. The predicted molar refractivity (Wildman–Crippen MR) is 169 cm³/mol. The van der Waals surface area contributed by atoms with Gasteiger partial charge in [-0.15, -0.1) is 0 Å². The minimum atomic E-state index is -0.974. The summed E-state index contributed by atoms with van der Waals surface area (Å²) in [5, 5.41) is 15.9. The van der Waals surface area contributed by atoms with Crippen LogP contribution in [0.3, 0.4) is 0 Å². The molecule has 0 radical (unpaired) electrons. The first-order chi connectivity index (χ1) is 21.6. The van der Waals surface area contributed by atoms with E-state index in [1.165, 1.54) is 0 Å². The maximum absolute atomic E-state index is 12.7. The summed E-state index contributed by atoms with van der Waals surface area (Å²) in [5.74, 6) is -1.80. The standard InChI is InChI=1S/C33H52N2O11/c1-22(2)30(35)40-17-11-8-14-26(34)44-25-21-43-29(46-28(37)16-9-12-18-41-31(38)23(3)4)20-24(25)45-27(36)15-10-13-19-42-32(39)33(5,6)7/h24-25,29,34-35H,1,3,8-21H2,2,4-7H3/t24-,25+,29?/m0/s1. The summed E-state index contributed by atoms with van der Waals surface area (Å²) in [6.45, 7) is 16.3. The summed E-state index contributed by atoms with van der Waals surface area (Å²) in [4.78, 5) is 48.5. The number of esters is 4. The van der Waals surface area contributed by atoms with Crippen LogP contribution in [-0.4, -0.2) is 80.6 Å². The molecule has 1 aliphatic rings. The highest BCUT2D eigenvalue weighted by Crippen LogP contribution is 2.23. The van der Waals surface area contributed by atoms with Crippen LogP contribution in [0.2, 0.25) is 0 Å². The van der Waals surface area contributed by atoms with Crippen molar-refractivity contribution in [3.8, 4) is 0 Å². The number of unbranched alkanes of at least 4 members (excludes halogenated alkanes) is 3. The molecule has 260 valence electrons. The van der Waals surface area contributed by atoms with Gasteiger partial charge in [0, 0.05) is 30.4 Å². The molecule has 2 N–H and O–H groups in total. The van der Waals surface area contributed by atoms with Gasteiger partial charge in [0.25, 0.3) is 0 Å². The zero-order chi connectivity index (χ0) is 34.7. The molecule has 0 aromatic heterocycles. The maximum atomic E-state index is 12.7. The second kappa shape index (κ2) is 21.1. The van der Waals surface area contributed by atoms with Gasteiger partial charge in [-0.3, -0.25) is 25.2 Å². The van der Waals surface area contributed by atoms with E-state index in [0.717, 1.165) is 0 Å². The topological polar surface area (TPSA) is 181 Å². The number of carbonyl (C=O) groups is 4. The Bertz CT molecular complexity index is 1080. The van der Waals surface area contributed by atoms with Gasteiger partial charge < -0.3 is 33.2 Å². The van der Waals surface area contributed by atoms with Gasteiger partial charge in [-0.1, -0.05) is 13.2 Å². The van der Waals surface area contributed by atoms with Gasteiger partial charge >= 0.3 is 23.9 Å². The molecule has 0 aromatic rings. The summed E-state index contributed by atoms with van der Waals surface area (Å²) in [5.41, 5.74) is 0.227. The van der Waals surface area contributed by atoms with Crippen molar-refractivity contribution in [1.82, 2.24) is 0 Å². The van der Waals surface area contributed by atoms with Crippen LogP contribution in [0.25, 0.3) is 0 Å². The molecule has 46 heavy (non-hydrogen) atoms. The first-order valence-corrected chi connectivity index (χ1v) is 15.7. The van der Waals surface area contributed by atoms with E-state index in [-0.39, 0.29) is 56.8 Å². The van der Waals surface area contributed by atoms with E-state index in [4.69, 9.17) is 44.0 Å². The van der Waals surface area contributed by atoms with Crippen molar-refractivity contribution in [1.29, 1.82) is 10.8 Å². The molecule has 0 spiro atoms. The first kappa shape index (κ1) is 40.3. The van der Waals surface area contributed by atoms with E-state index in [9.17, 15) is 19.2 Å². The van der Waals surface area contributed by atoms with Crippen LogP contribution in [0.15, 0.2) is 24.3 Å². The quantitative estimate of drug-likeness (QED) is 0.0433. The van der Waals surface area contributed by atoms with Crippen molar-refractivity contribution in [2.45, 2.75) is 117 Å². The van der Waals surface area contributed by atoms with Crippen molar-refractivity contribution in [3.05, 3.63) is 24.3 Å². The average Bonchev–Trinajstić information content (AvgIpc) is 2.96. The van der Waals surface area contributed by atoms with Crippen molar-refractivity contribution in [3.63, 3.8) is 0 Å². The minimum absolute atomic E-state index is 0.0195. The Labute approximate surface area is 272 Å². The zero-order valence-electron chi connectivity index (χ0n) is 28.0. The Morgan fingerprint density at radius 3 is 1.83 bits per heavy atom. The smallest absolute Gasteiger partial charge is 0.333 e. The number of hydrogen-bond acceptors (Lipinski definition) is 13. The van der Waals surface area contributed by atoms with E-state index < -0.39 is 41.8 Å². The summed E-state index contributed by atoms with van der Waals surface area (Å²) >= 11 is 0. The molecular formula is C33H52N2O11. The SMILES string of the molecule is C=C(C)C(=N)OCCCCC(=N)O[C@@H]1COC(OC(=O)CCCCOC(=O)C(=C)C)C[C@@H]1OC(=O)CCCCOC(=O)C(C)(C)C. The number of ether oxygens (including phenoxy) is 7. The molecule has 0 aromatic carbocycles. The Kier molecular flexibility index (Phi) is 18.5. The Hall–Kier alpha value is -3.74. The van der Waals surface area contributed by atoms with Gasteiger partial charge in [0.2, 0.25) is 12.2 Å². The zero-order valence-corrected chi connectivity index (χ0v) is 28.0. The largest absolute Gasteiger partial charge is 0.478 e. The fourth-order valence-corrected chi connectivity index (χ4v) is 3.81. The molecule has 0 saturated carbocycles. The highest BCUT2D eigenvalue weighted by atomic mass is 16.7. The Morgan fingerprint density at radius 2 is 1.26 bits per heavy atom. The molecule has 1 aliphatic heterocycles. The maximum Gasteiger partial charge on any atom is 0.333 e. The third kappa shape index (κ3) is 17.7. The second-order valence-corrected chi connectivity index (χ2v) is 12.2. The minimum Gasteiger partial charge on any atom is -0.478 e. The van der Waals surface area contributed by atoms with Gasteiger partial charge in [0.1, 0.15) is 6.10 Å². The third-order valence-electron chi connectivity index (χ3n) is 6.53. The van der Waals surface area contributed by atoms with Gasteiger partial charge in [-0.25, -0.2) is 4.79 Å². The number of carbonyl (C=O) groups excluding carboxylic acids is 4. The Morgan fingerprint density at radius 1 is 0.717 bits per heavy atom. The summed E-state index contributed by atoms with van der Waals surface area (Å²) in [6.07, 6.45) is 0.878. The molecule has 0 aliphatic carbocycles. The lowest BCUT2D eigenvalue weighted by molar-refractivity contribution is -0.222. The van der Waals surface area contributed by atoms with Crippen LogP contribution >= 0.6 is 0 Å². The molecule has 3 atom stereocenters. The number of hydrogen-bond donors (Lipinski definition) is 2. The van der Waals surface area contributed by atoms with E-state index in [0.29, 0.717) is 62.7 Å². The van der Waals surface area contributed by atoms with Crippen LogP contribution in [0.5, 0.6) is 0 Å². The van der Waals surface area contributed by atoms with Gasteiger partial charge in [0.05, 0.1) is 38.3 Å². The van der Waals surface area contributed by atoms with Crippen LogP contribution in [-0.2, 0) is 52.3 Å². The molecule has 13 nitrogen and oxygen atoms in total. The second-order valence-electron chi connectivity index (χ2n) is 12.2. The fourth-order valence-electron chi connectivity index (χ4n) is 3.81. The Balaban J connectivity index is 2.61. The van der Waals surface area contributed by atoms with Gasteiger partial charge in [-0.05, 0) is 73.1 Å². The van der Waals surface area contributed by atoms with Gasteiger partial charge in [-0.2, -0.15) is 0 Å². The van der Waals surface area contributed by atoms with Crippen LogP contribution in [0.4, 0.5) is 0 Å². The fraction of sp³-hybridized carbons (Fsp3) is 0.697. The lowest BCUT2D eigenvalue weighted by Gasteiger charge is -2.35. The molecule has 0 bridgehead atoms. The highest BCUT2D eigenvalue weighted by Gasteiger charge is 2.38. The highest BCUT2D eigenvalue weighted by molar-refractivity contribution is 5.89. The molecule has 0 amide bonds. The molecule has 1 rings (SSSR count). The van der Waals surface area contributed by atoms with Crippen LogP contribution in [0.1, 0.15) is 98.8 Å². The van der Waals surface area contributed by atoms with Crippen LogP contribution in [0, 0.1) is 16.2 Å². The first-order valence-electron chi connectivity index (χ1n) is 15.7. The van der Waals surface area contributed by atoms with Crippen LogP contribution < -0.4 is 0 Å². The van der Waals surface area contributed by atoms with Gasteiger partial charge in [0.15, 0.2) is 12.0 Å². The molecular weight excluding hydrogens is 600 g/mol. The van der Waals surface area contributed by atoms with E-state index in [1.54, 1.807) is 34.6 Å². The average molecular weight is 653 g/mol. The molecule has 1 fully saturated rings. The van der Waals surface area contributed by atoms with Crippen molar-refractivity contribution in [2.75, 3.05) is 26.4 Å². The summed E-state index contributed by atoms with van der Waals surface area (Å²) in [6, 6.07) is 0. The predicted octanol–water partition coefficient (Wildman–Crippen LogP) is 5.34. The monoisotopic (exact) mass is 652 g/mol. The summed E-state index contributed by atoms with van der Waals surface area (Å²) < 4.78 is 38.1. The molecule has 1 saturated heterocycles. The third-order valence-corrected chi connectivity index (χ3v) is 6.53. The normalized spacial score (nSPS) is 17.6. The summed E-state index contributed by atoms with van der Waals surface area (Å²) in [7, 11) is 0. The van der Waals surface area contributed by atoms with Crippen molar-refractivity contribution < 1.29 is 52.3 Å². The van der Waals surface area contributed by atoms with E-state index in [2.05, 4.69) is 13.2 Å². The van der Waals surface area contributed by atoms with Crippen molar-refractivity contribution in [2.24, 2.45) is 5.41 Å². The molecule has 1 unspecified atom stereocenters. The van der Waals surface area contributed by atoms with E-state index in [1.807, 2.05) is 0 Å².